The van der Waals surface area contributed by atoms with Crippen molar-refractivity contribution >= 4 is 34.2 Å². The van der Waals surface area contributed by atoms with Gasteiger partial charge in [0.2, 0.25) is 0 Å². The topological polar surface area (TPSA) is 60.2 Å². The first-order valence-corrected chi connectivity index (χ1v) is 6.00. The Labute approximate surface area is 102 Å². The van der Waals surface area contributed by atoms with Gasteiger partial charge in [0.05, 0.1) is 21.9 Å². The van der Waals surface area contributed by atoms with Gasteiger partial charge in [0.15, 0.2) is 5.12 Å². The van der Waals surface area contributed by atoms with Gasteiger partial charge >= 0.3 is 0 Å². The van der Waals surface area contributed by atoms with Gasteiger partial charge in [0.1, 0.15) is 0 Å². The number of nitro benzene ring substituents is 1. The number of hydrogen-bond acceptors (Lipinski definition) is 4. The third kappa shape index (κ3) is 3.21. The standard InChI is InChI=1S/C10H10ClNO3S/c1-2-16-10(13)6-7-8(11)4-3-5-9(7)12(14)15/h3-5H,2,6H2,1H3. The summed E-state index contributed by atoms with van der Waals surface area (Å²) in [6, 6.07) is 4.40. The van der Waals surface area contributed by atoms with Gasteiger partial charge < -0.3 is 0 Å². The Morgan fingerprint density at radius 3 is 2.81 bits per heavy atom. The first kappa shape index (κ1) is 13.0. The molecule has 0 saturated heterocycles. The van der Waals surface area contributed by atoms with E-state index in [1.54, 1.807) is 6.07 Å². The molecule has 0 N–H and O–H groups in total. The molecule has 0 aliphatic heterocycles. The van der Waals surface area contributed by atoms with Crippen molar-refractivity contribution < 1.29 is 9.72 Å². The van der Waals surface area contributed by atoms with Crippen LogP contribution in [0.15, 0.2) is 18.2 Å². The van der Waals surface area contributed by atoms with Crippen LogP contribution in [0.5, 0.6) is 0 Å². The molecule has 0 aliphatic rings. The van der Waals surface area contributed by atoms with E-state index in [1.165, 1.54) is 12.1 Å². The van der Waals surface area contributed by atoms with Gasteiger partial charge in [0.25, 0.3) is 5.69 Å². The fourth-order valence-corrected chi connectivity index (χ4v) is 2.05. The molecule has 16 heavy (non-hydrogen) atoms. The minimum Gasteiger partial charge on any atom is -0.287 e. The molecular formula is C10H10ClNO3S. The Balaban J connectivity index is 3.01. The highest BCUT2D eigenvalue weighted by molar-refractivity contribution is 8.13. The molecule has 86 valence electrons. The minimum absolute atomic E-state index is 0.00546. The highest BCUT2D eigenvalue weighted by Crippen LogP contribution is 2.27. The molecular weight excluding hydrogens is 250 g/mol. The molecule has 0 unspecified atom stereocenters. The molecule has 1 aromatic carbocycles. The minimum atomic E-state index is -0.523. The van der Waals surface area contributed by atoms with Crippen LogP contribution in [0, 0.1) is 10.1 Å². The van der Waals surface area contributed by atoms with Gasteiger partial charge in [-0.25, -0.2) is 0 Å². The zero-order valence-corrected chi connectivity index (χ0v) is 10.2. The fourth-order valence-electron chi connectivity index (χ4n) is 1.25. The van der Waals surface area contributed by atoms with Crippen LogP contribution >= 0.6 is 23.4 Å². The lowest BCUT2D eigenvalue weighted by atomic mass is 10.1. The molecule has 6 heteroatoms. The third-order valence-electron chi connectivity index (χ3n) is 1.92. The van der Waals surface area contributed by atoms with Gasteiger partial charge in [-0.3, -0.25) is 14.9 Å². The molecule has 0 bridgehead atoms. The van der Waals surface area contributed by atoms with E-state index in [-0.39, 0.29) is 22.2 Å². The first-order valence-electron chi connectivity index (χ1n) is 4.63. The second-order valence-corrected chi connectivity index (χ2v) is 4.70. The Kier molecular flexibility index (Phi) is 4.76. The summed E-state index contributed by atoms with van der Waals surface area (Å²) in [5.41, 5.74) is 0.192. The molecule has 0 aliphatic carbocycles. The summed E-state index contributed by atoms with van der Waals surface area (Å²) >= 11 is 6.99. The van der Waals surface area contributed by atoms with Gasteiger partial charge in [0, 0.05) is 6.07 Å². The number of thioether (sulfide) groups is 1. The van der Waals surface area contributed by atoms with Gasteiger partial charge in [-0.2, -0.15) is 0 Å². The zero-order chi connectivity index (χ0) is 12.1. The maximum atomic E-state index is 11.4. The molecule has 0 spiro atoms. The highest BCUT2D eigenvalue weighted by atomic mass is 35.5. The van der Waals surface area contributed by atoms with Crippen molar-refractivity contribution in [2.75, 3.05) is 5.75 Å². The summed E-state index contributed by atoms with van der Waals surface area (Å²) < 4.78 is 0. The van der Waals surface area contributed by atoms with Crippen molar-refractivity contribution in [3.05, 3.63) is 38.9 Å². The molecule has 1 rings (SSSR count). The van der Waals surface area contributed by atoms with E-state index >= 15 is 0 Å². The number of nitro groups is 1. The van der Waals surface area contributed by atoms with Gasteiger partial charge in [-0.05, 0) is 11.8 Å². The number of nitrogens with zero attached hydrogens (tertiary/aromatic N) is 1. The van der Waals surface area contributed by atoms with E-state index in [9.17, 15) is 14.9 Å². The Bertz CT molecular complexity index is 423. The molecule has 1 aromatic rings. The normalized spacial score (nSPS) is 10.1. The van der Waals surface area contributed by atoms with Crippen molar-refractivity contribution in [1.29, 1.82) is 0 Å². The zero-order valence-electron chi connectivity index (χ0n) is 8.60. The quantitative estimate of drug-likeness (QED) is 0.616. The second kappa shape index (κ2) is 5.86. The summed E-state index contributed by atoms with van der Waals surface area (Å²) in [6.45, 7) is 1.85. The van der Waals surface area contributed by atoms with E-state index in [0.29, 0.717) is 11.3 Å². The molecule has 4 nitrogen and oxygen atoms in total. The van der Waals surface area contributed by atoms with Crippen LogP contribution in [0.25, 0.3) is 0 Å². The van der Waals surface area contributed by atoms with Crippen LogP contribution < -0.4 is 0 Å². The molecule has 0 fully saturated rings. The van der Waals surface area contributed by atoms with Crippen molar-refractivity contribution in [2.24, 2.45) is 0 Å². The van der Waals surface area contributed by atoms with Gasteiger partial charge in [-0.15, -0.1) is 0 Å². The number of carbonyl (C=O) groups is 1. The summed E-state index contributed by atoms with van der Waals surface area (Å²) in [7, 11) is 0. The van der Waals surface area contributed by atoms with Crippen LogP contribution in [-0.4, -0.2) is 15.8 Å². The van der Waals surface area contributed by atoms with Crippen molar-refractivity contribution in [2.45, 2.75) is 13.3 Å². The Morgan fingerprint density at radius 2 is 2.25 bits per heavy atom. The Morgan fingerprint density at radius 1 is 1.56 bits per heavy atom. The molecule has 0 heterocycles. The Hall–Kier alpha value is -1.07. The van der Waals surface area contributed by atoms with E-state index in [4.69, 9.17) is 11.6 Å². The number of halogens is 1. The summed E-state index contributed by atoms with van der Waals surface area (Å²) in [6.07, 6.45) is -0.00546. The predicted octanol–water partition coefficient (Wildman–Crippen LogP) is 3.07. The first-order chi connectivity index (χ1) is 7.56. The van der Waals surface area contributed by atoms with Crippen LogP contribution in [0.2, 0.25) is 5.02 Å². The van der Waals surface area contributed by atoms with Crippen LogP contribution in [-0.2, 0) is 11.2 Å². The average molecular weight is 260 g/mol. The van der Waals surface area contributed by atoms with E-state index in [0.717, 1.165) is 11.8 Å². The lowest BCUT2D eigenvalue weighted by Crippen LogP contribution is -2.03. The molecule has 0 saturated carbocycles. The third-order valence-corrected chi connectivity index (χ3v) is 3.03. The number of carbonyl (C=O) groups excluding carboxylic acids is 1. The van der Waals surface area contributed by atoms with Crippen LogP contribution in [0.4, 0.5) is 5.69 Å². The monoisotopic (exact) mass is 259 g/mol. The summed E-state index contributed by atoms with van der Waals surface area (Å²) in [5, 5.41) is 10.9. The molecule has 0 radical (unpaired) electrons. The van der Waals surface area contributed by atoms with Crippen molar-refractivity contribution in [3.63, 3.8) is 0 Å². The number of benzene rings is 1. The SMILES string of the molecule is CCSC(=O)Cc1c(Cl)cccc1[N+](=O)[O-]. The predicted molar refractivity (Wildman–Crippen MR) is 64.9 cm³/mol. The van der Waals surface area contributed by atoms with Crippen LogP contribution in [0.1, 0.15) is 12.5 Å². The number of hydrogen-bond donors (Lipinski definition) is 0. The van der Waals surface area contributed by atoms with Crippen molar-refractivity contribution in [3.8, 4) is 0 Å². The molecule has 0 aromatic heterocycles. The second-order valence-electron chi connectivity index (χ2n) is 2.98. The summed E-state index contributed by atoms with van der Waals surface area (Å²) in [5.74, 6) is 0.650. The van der Waals surface area contributed by atoms with E-state index in [1.807, 2.05) is 6.92 Å². The fraction of sp³-hybridized carbons (Fsp3) is 0.300. The average Bonchev–Trinajstić information content (AvgIpc) is 2.21. The van der Waals surface area contributed by atoms with Crippen molar-refractivity contribution in [1.82, 2.24) is 0 Å². The number of rotatable bonds is 4. The smallest absolute Gasteiger partial charge is 0.274 e. The van der Waals surface area contributed by atoms with Gasteiger partial charge in [-0.1, -0.05) is 36.4 Å². The van der Waals surface area contributed by atoms with E-state index < -0.39 is 4.92 Å². The highest BCUT2D eigenvalue weighted by Gasteiger charge is 2.19. The van der Waals surface area contributed by atoms with E-state index in [2.05, 4.69) is 0 Å². The maximum Gasteiger partial charge on any atom is 0.274 e. The maximum absolute atomic E-state index is 11.4. The lowest BCUT2D eigenvalue weighted by molar-refractivity contribution is -0.385. The molecule has 0 amide bonds. The molecule has 0 atom stereocenters. The lowest BCUT2D eigenvalue weighted by Gasteiger charge is -2.03. The summed E-state index contributed by atoms with van der Waals surface area (Å²) in [4.78, 5) is 21.6. The van der Waals surface area contributed by atoms with Crippen LogP contribution in [0.3, 0.4) is 0 Å². The largest absolute Gasteiger partial charge is 0.287 e.